The molecule has 0 saturated heterocycles. The van der Waals surface area contributed by atoms with Gasteiger partial charge in [0, 0.05) is 12.3 Å². The Hall–Kier alpha value is -3.68. The van der Waals surface area contributed by atoms with Crippen molar-refractivity contribution in [3.63, 3.8) is 0 Å². The van der Waals surface area contributed by atoms with E-state index in [1.807, 2.05) is 0 Å². The first-order chi connectivity index (χ1) is 28.2. The number of hydrogen-bond acceptors (Lipinski definition) is 4. The summed E-state index contributed by atoms with van der Waals surface area (Å²) in [5.74, 6) is -2.67. The maximum absolute atomic E-state index is 13.1. The van der Waals surface area contributed by atoms with Gasteiger partial charge in [0.05, 0.1) is 16.2 Å². The molecule has 4 N–H and O–H groups in total. The Morgan fingerprint density at radius 1 is 0.525 bits per heavy atom. The maximum Gasteiger partial charge on any atom is 0.310 e. The molecule has 0 radical (unpaired) electrons. The summed E-state index contributed by atoms with van der Waals surface area (Å²) >= 11 is 0. The molecule has 326 valence electrons. The summed E-state index contributed by atoms with van der Waals surface area (Å²) in [5, 5.41) is 38.9. The highest BCUT2D eigenvalue weighted by Crippen LogP contribution is 2.63. The minimum Gasteiger partial charge on any atom is -0.481 e. The number of benzene rings is 2. The summed E-state index contributed by atoms with van der Waals surface area (Å²) in [5.41, 5.74) is 10.4. The summed E-state index contributed by atoms with van der Waals surface area (Å²) in [7, 11) is 0. The van der Waals surface area contributed by atoms with E-state index in [0.29, 0.717) is 12.8 Å². The first-order valence-corrected chi connectivity index (χ1v) is 23.3. The molecule has 2 aromatic rings. The average Bonchev–Trinajstić information content (AvgIpc) is 4.09. The Balaban J connectivity index is 1.19. The largest absolute Gasteiger partial charge is 0.481 e. The van der Waals surface area contributed by atoms with Crippen LogP contribution in [-0.4, -0.2) is 44.3 Å². The van der Waals surface area contributed by atoms with E-state index in [9.17, 15) is 34.5 Å². The van der Waals surface area contributed by atoms with Crippen LogP contribution in [0.5, 0.6) is 0 Å². The van der Waals surface area contributed by atoms with Gasteiger partial charge in [0.25, 0.3) is 0 Å². The number of carboxylic acid groups (broad SMARTS) is 4. The molecule has 3 fully saturated rings. The van der Waals surface area contributed by atoms with Crippen LogP contribution in [0.1, 0.15) is 204 Å². The van der Waals surface area contributed by atoms with Crippen molar-refractivity contribution in [2.24, 2.45) is 16.2 Å². The van der Waals surface area contributed by atoms with E-state index in [4.69, 9.17) is 5.11 Å². The summed E-state index contributed by atoms with van der Waals surface area (Å²) in [6.45, 7) is 8.79. The molecule has 0 heterocycles. The van der Waals surface area contributed by atoms with Crippen LogP contribution in [0.3, 0.4) is 0 Å². The monoisotopic (exact) mass is 815 g/mol. The standard InChI is InChI=1S/C51H74O8/c1-35-24-25-43(42(22-11-7-5-6-8-14-23-45(52)53)40(35)20-12-9-16-26-49(29-30-49)46(54)55)44-34-51(44,48(58)59)28-17-10-13-21-41-38(4)37(3)36(2)33-39(41)19-15-18-27-50(31-32-50)47(56)57/h24-25,33,44H,5-23,26-32,34H2,1-4H3,(H,52,53)(H,54,55)(H,56,57)(H,58,59). The molecule has 0 spiro atoms. The predicted molar refractivity (Wildman–Crippen MR) is 233 cm³/mol. The van der Waals surface area contributed by atoms with Gasteiger partial charge in [-0.25, -0.2) is 0 Å². The first kappa shape index (κ1) is 46.4. The molecule has 0 aliphatic heterocycles. The Kier molecular flexibility index (Phi) is 16.3. The van der Waals surface area contributed by atoms with Crippen molar-refractivity contribution in [2.45, 2.75) is 207 Å². The molecular weight excluding hydrogens is 741 g/mol. The second kappa shape index (κ2) is 20.7. The van der Waals surface area contributed by atoms with Crippen LogP contribution >= 0.6 is 0 Å². The van der Waals surface area contributed by atoms with E-state index in [0.717, 1.165) is 154 Å². The molecule has 3 saturated carbocycles. The topological polar surface area (TPSA) is 149 Å². The molecule has 0 bridgehead atoms. The summed E-state index contributed by atoms with van der Waals surface area (Å²) < 4.78 is 0. The number of carboxylic acids is 4. The quantitative estimate of drug-likeness (QED) is 0.0570. The van der Waals surface area contributed by atoms with Gasteiger partial charge in [0.15, 0.2) is 0 Å². The fourth-order valence-corrected chi connectivity index (χ4v) is 10.3. The number of carbonyl (C=O) groups is 4. The Labute approximate surface area is 354 Å². The molecule has 5 rings (SSSR count). The van der Waals surface area contributed by atoms with Crippen LogP contribution in [0.2, 0.25) is 0 Å². The van der Waals surface area contributed by atoms with Gasteiger partial charge in [-0.15, -0.1) is 0 Å². The van der Waals surface area contributed by atoms with Gasteiger partial charge in [-0.05, 0) is 187 Å². The Morgan fingerprint density at radius 3 is 1.58 bits per heavy atom. The third kappa shape index (κ3) is 12.0. The molecule has 3 aliphatic rings. The van der Waals surface area contributed by atoms with Crippen molar-refractivity contribution in [3.8, 4) is 0 Å². The average molecular weight is 815 g/mol. The lowest BCUT2D eigenvalue weighted by atomic mass is 9.84. The van der Waals surface area contributed by atoms with E-state index in [1.54, 1.807) is 0 Å². The van der Waals surface area contributed by atoms with E-state index < -0.39 is 40.1 Å². The molecular formula is C51H74O8. The first-order valence-electron chi connectivity index (χ1n) is 23.3. The molecule has 8 nitrogen and oxygen atoms in total. The Bertz CT molecular complexity index is 1800. The zero-order valence-electron chi connectivity index (χ0n) is 36.8. The predicted octanol–water partition coefficient (Wildman–Crippen LogP) is 12.2. The van der Waals surface area contributed by atoms with E-state index in [1.165, 1.54) is 50.1 Å². The van der Waals surface area contributed by atoms with E-state index >= 15 is 0 Å². The van der Waals surface area contributed by atoms with Crippen molar-refractivity contribution in [3.05, 3.63) is 68.3 Å². The van der Waals surface area contributed by atoms with Gasteiger partial charge in [-0.3, -0.25) is 19.2 Å². The third-order valence-electron chi connectivity index (χ3n) is 15.1. The lowest BCUT2D eigenvalue weighted by Gasteiger charge is -2.21. The summed E-state index contributed by atoms with van der Waals surface area (Å²) in [6.07, 6.45) is 23.7. The Morgan fingerprint density at radius 2 is 1.02 bits per heavy atom. The highest BCUT2D eigenvalue weighted by molar-refractivity contribution is 5.81. The lowest BCUT2D eigenvalue weighted by Crippen LogP contribution is -2.18. The molecule has 2 atom stereocenters. The van der Waals surface area contributed by atoms with Gasteiger partial charge >= 0.3 is 23.9 Å². The molecule has 0 amide bonds. The van der Waals surface area contributed by atoms with Gasteiger partial charge in [-0.2, -0.15) is 0 Å². The van der Waals surface area contributed by atoms with Gasteiger partial charge in [-0.1, -0.05) is 76.0 Å². The van der Waals surface area contributed by atoms with Crippen LogP contribution in [0.15, 0.2) is 18.2 Å². The minimum atomic E-state index is -0.734. The zero-order valence-corrected chi connectivity index (χ0v) is 36.8. The number of rotatable bonds is 30. The van der Waals surface area contributed by atoms with Crippen molar-refractivity contribution in [2.75, 3.05) is 0 Å². The lowest BCUT2D eigenvalue weighted by molar-refractivity contribution is -0.144. The second-order valence-electron chi connectivity index (χ2n) is 19.2. The fraction of sp³-hybridized carbons (Fsp3) is 0.686. The number of hydrogen-bond donors (Lipinski definition) is 4. The van der Waals surface area contributed by atoms with Crippen LogP contribution in [0.25, 0.3) is 0 Å². The van der Waals surface area contributed by atoms with Crippen LogP contribution < -0.4 is 0 Å². The smallest absolute Gasteiger partial charge is 0.310 e. The van der Waals surface area contributed by atoms with E-state index in [2.05, 4.69) is 45.9 Å². The highest BCUT2D eigenvalue weighted by atomic mass is 16.4. The maximum atomic E-state index is 13.1. The molecule has 8 heteroatoms. The van der Waals surface area contributed by atoms with Crippen molar-refractivity contribution < 1.29 is 39.6 Å². The van der Waals surface area contributed by atoms with Crippen molar-refractivity contribution in [1.82, 2.24) is 0 Å². The zero-order chi connectivity index (χ0) is 42.8. The number of unbranched alkanes of at least 4 members (excludes halogenated alkanes) is 10. The van der Waals surface area contributed by atoms with Crippen molar-refractivity contribution in [1.29, 1.82) is 0 Å². The van der Waals surface area contributed by atoms with Gasteiger partial charge in [0.1, 0.15) is 0 Å². The fourth-order valence-electron chi connectivity index (χ4n) is 10.3. The van der Waals surface area contributed by atoms with E-state index in [-0.39, 0.29) is 12.3 Å². The molecule has 2 aromatic carbocycles. The van der Waals surface area contributed by atoms with Crippen LogP contribution in [0, 0.1) is 43.9 Å². The van der Waals surface area contributed by atoms with Gasteiger partial charge < -0.3 is 20.4 Å². The third-order valence-corrected chi connectivity index (χ3v) is 15.1. The van der Waals surface area contributed by atoms with Crippen LogP contribution in [-0.2, 0) is 44.9 Å². The normalized spacial score (nSPS) is 19.7. The number of aliphatic carboxylic acids is 4. The molecule has 59 heavy (non-hydrogen) atoms. The molecule has 0 aromatic heterocycles. The SMILES string of the molecule is Cc1cc(CCCCC2(C(=O)O)CC2)c(CCCCCC2(C(=O)O)CC2c2ccc(C)c(CCCCCC3(C(=O)O)CC3)c2CCCCCCCCC(=O)O)c(C)c1C. The summed E-state index contributed by atoms with van der Waals surface area (Å²) in [4.78, 5) is 47.4. The number of aryl methyl sites for hydroxylation is 3. The molecule has 3 aliphatic carbocycles. The van der Waals surface area contributed by atoms with Gasteiger partial charge in [0.2, 0.25) is 0 Å². The molecule has 2 unspecified atom stereocenters. The highest BCUT2D eigenvalue weighted by Gasteiger charge is 2.60. The minimum absolute atomic E-state index is 0.0140. The van der Waals surface area contributed by atoms with Crippen molar-refractivity contribution >= 4 is 23.9 Å². The second-order valence-corrected chi connectivity index (χ2v) is 19.2. The van der Waals surface area contributed by atoms with Crippen LogP contribution in [0.4, 0.5) is 0 Å². The summed E-state index contributed by atoms with van der Waals surface area (Å²) in [6, 6.07) is 6.76.